The Kier molecular flexibility index (Phi) is 5.19. The number of para-hydroxylation sites is 1. The van der Waals surface area contributed by atoms with Gasteiger partial charge in [-0.15, -0.1) is 0 Å². The summed E-state index contributed by atoms with van der Waals surface area (Å²) in [6.45, 7) is 1.96. The van der Waals surface area contributed by atoms with E-state index in [1.165, 1.54) is 0 Å². The van der Waals surface area contributed by atoms with Gasteiger partial charge in [-0.2, -0.15) is 5.10 Å². The fourth-order valence-corrected chi connectivity index (χ4v) is 3.10. The van der Waals surface area contributed by atoms with E-state index in [1.807, 2.05) is 36.5 Å². The topological polar surface area (TPSA) is 82.9 Å². The Morgan fingerprint density at radius 3 is 2.96 bits per heavy atom. The van der Waals surface area contributed by atoms with Crippen molar-refractivity contribution in [3.63, 3.8) is 0 Å². The zero-order valence-corrected chi connectivity index (χ0v) is 14.6. The first-order chi connectivity index (χ1) is 12.1. The number of aliphatic hydroxyl groups is 1. The molecule has 0 aliphatic rings. The molecule has 0 aliphatic heterocycles. The van der Waals surface area contributed by atoms with Crippen LogP contribution in [0.5, 0.6) is 0 Å². The number of aromatic amines is 1. The number of aryl methyl sites for hydroxylation is 2. The third-order valence-corrected chi connectivity index (χ3v) is 4.37. The van der Waals surface area contributed by atoms with Gasteiger partial charge < -0.3 is 15.4 Å². The van der Waals surface area contributed by atoms with Crippen LogP contribution in [0.25, 0.3) is 10.9 Å². The van der Waals surface area contributed by atoms with Crippen LogP contribution in [0.4, 0.5) is 0 Å². The van der Waals surface area contributed by atoms with Crippen LogP contribution in [0.1, 0.15) is 35.1 Å². The van der Waals surface area contributed by atoms with E-state index >= 15 is 0 Å². The second-order valence-electron chi connectivity index (χ2n) is 6.31. The van der Waals surface area contributed by atoms with Gasteiger partial charge in [0.1, 0.15) is 5.69 Å². The number of nitrogens with zero attached hydrogens (tertiary/aromatic N) is 2. The number of carbonyl (C=O) groups excluding carboxylic acids is 1. The van der Waals surface area contributed by atoms with E-state index in [1.54, 1.807) is 11.7 Å². The van der Waals surface area contributed by atoms with Gasteiger partial charge in [-0.3, -0.25) is 9.48 Å². The molecule has 0 spiro atoms. The summed E-state index contributed by atoms with van der Waals surface area (Å²) in [5.41, 5.74) is 3.55. The molecule has 3 aromatic rings. The predicted molar refractivity (Wildman–Crippen MR) is 97.5 cm³/mol. The highest BCUT2D eigenvalue weighted by molar-refractivity contribution is 5.93. The molecule has 0 saturated carbocycles. The van der Waals surface area contributed by atoms with Crippen molar-refractivity contribution in [1.82, 2.24) is 20.1 Å². The van der Waals surface area contributed by atoms with Gasteiger partial charge in [-0.25, -0.2) is 0 Å². The summed E-state index contributed by atoms with van der Waals surface area (Å²) in [5, 5.41) is 18.1. The van der Waals surface area contributed by atoms with Crippen LogP contribution in [0.2, 0.25) is 0 Å². The van der Waals surface area contributed by atoms with E-state index in [-0.39, 0.29) is 18.6 Å². The smallest absolute Gasteiger partial charge is 0.269 e. The molecule has 1 atom stereocenters. The molecule has 2 aromatic heterocycles. The van der Waals surface area contributed by atoms with E-state index in [9.17, 15) is 9.90 Å². The summed E-state index contributed by atoms with van der Waals surface area (Å²) in [7, 11) is 1.77. The third-order valence-electron chi connectivity index (χ3n) is 4.37. The fraction of sp³-hybridized carbons (Fsp3) is 0.368. The molecule has 0 radical (unpaired) electrons. The van der Waals surface area contributed by atoms with E-state index in [2.05, 4.69) is 22.3 Å². The zero-order chi connectivity index (χ0) is 17.8. The summed E-state index contributed by atoms with van der Waals surface area (Å²) >= 11 is 0. The zero-order valence-electron chi connectivity index (χ0n) is 14.6. The Morgan fingerprint density at radius 1 is 1.40 bits per heavy atom. The lowest BCUT2D eigenvalue weighted by molar-refractivity contribution is 0.0907. The van der Waals surface area contributed by atoms with E-state index in [0.29, 0.717) is 12.1 Å². The van der Waals surface area contributed by atoms with Crippen molar-refractivity contribution in [1.29, 1.82) is 0 Å². The molecule has 6 nitrogen and oxygen atoms in total. The largest absolute Gasteiger partial charge is 0.394 e. The van der Waals surface area contributed by atoms with Crippen molar-refractivity contribution >= 4 is 16.8 Å². The van der Waals surface area contributed by atoms with Crippen LogP contribution >= 0.6 is 0 Å². The number of carbonyl (C=O) groups is 1. The molecule has 25 heavy (non-hydrogen) atoms. The molecule has 1 aromatic carbocycles. The summed E-state index contributed by atoms with van der Waals surface area (Å²) in [4.78, 5) is 15.8. The molecule has 6 heteroatoms. The summed E-state index contributed by atoms with van der Waals surface area (Å²) < 4.78 is 1.60. The molecule has 1 amide bonds. The van der Waals surface area contributed by atoms with Crippen LogP contribution in [-0.4, -0.2) is 38.4 Å². The summed E-state index contributed by atoms with van der Waals surface area (Å²) in [6, 6.07) is 9.47. The highest BCUT2D eigenvalue weighted by Gasteiger charge is 2.18. The van der Waals surface area contributed by atoms with Crippen molar-refractivity contribution < 1.29 is 9.90 Å². The molecular formula is C19H24N4O2. The van der Waals surface area contributed by atoms with Gasteiger partial charge in [-0.1, -0.05) is 31.5 Å². The second-order valence-corrected chi connectivity index (χ2v) is 6.31. The van der Waals surface area contributed by atoms with E-state index < -0.39 is 0 Å². The standard InChI is InChI=1S/C19H24N4O2/c1-3-6-14-10-18(23(2)22-14)19(25)21-15(12-24)9-13-11-20-17-8-5-4-7-16(13)17/h4-5,7-8,10-11,15,20,24H,3,6,9,12H2,1-2H3,(H,21,25)/t15-/m0/s1. The minimum atomic E-state index is -0.351. The van der Waals surface area contributed by atoms with Crippen LogP contribution < -0.4 is 5.32 Å². The van der Waals surface area contributed by atoms with Gasteiger partial charge in [-0.05, 0) is 30.5 Å². The average molecular weight is 340 g/mol. The van der Waals surface area contributed by atoms with Crippen molar-refractivity contribution in [2.45, 2.75) is 32.2 Å². The van der Waals surface area contributed by atoms with Gasteiger partial charge in [0, 0.05) is 24.1 Å². The molecule has 3 rings (SSSR count). The first kappa shape index (κ1) is 17.2. The lowest BCUT2D eigenvalue weighted by Gasteiger charge is -2.16. The van der Waals surface area contributed by atoms with Crippen LogP contribution in [-0.2, 0) is 19.9 Å². The normalized spacial score (nSPS) is 12.4. The summed E-state index contributed by atoms with van der Waals surface area (Å²) in [5.74, 6) is -0.212. The molecular weight excluding hydrogens is 316 g/mol. The van der Waals surface area contributed by atoms with Gasteiger partial charge in [0.25, 0.3) is 5.91 Å². The number of aliphatic hydroxyl groups excluding tert-OH is 1. The van der Waals surface area contributed by atoms with Crippen molar-refractivity contribution in [2.75, 3.05) is 6.61 Å². The quantitative estimate of drug-likeness (QED) is 0.616. The van der Waals surface area contributed by atoms with Crippen LogP contribution in [0.3, 0.4) is 0 Å². The molecule has 132 valence electrons. The second kappa shape index (κ2) is 7.53. The Labute approximate surface area is 146 Å². The minimum Gasteiger partial charge on any atom is -0.394 e. The average Bonchev–Trinajstić information content (AvgIpc) is 3.18. The third kappa shape index (κ3) is 3.74. The van der Waals surface area contributed by atoms with Crippen molar-refractivity contribution in [2.24, 2.45) is 7.05 Å². The lowest BCUT2D eigenvalue weighted by atomic mass is 10.1. The Morgan fingerprint density at radius 2 is 2.20 bits per heavy atom. The number of hydrogen-bond acceptors (Lipinski definition) is 3. The monoisotopic (exact) mass is 340 g/mol. The molecule has 0 unspecified atom stereocenters. The number of nitrogens with one attached hydrogen (secondary N) is 2. The number of benzene rings is 1. The minimum absolute atomic E-state index is 0.120. The molecule has 0 aliphatic carbocycles. The molecule has 0 bridgehead atoms. The van der Waals surface area contributed by atoms with Gasteiger partial charge in [0.2, 0.25) is 0 Å². The Balaban J connectivity index is 1.72. The van der Waals surface area contributed by atoms with Gasteiger partial charge in [0.05, 0.1) is 18.3 Å². The fourth-order valence-electron chi connectivity index (χ4n) is 3.10. The van der Waals surface area contributed by atoms with E-state index in [0.717, 1.165) is 35.0 Å². The van der Waals surface area contributed by atoms with Gasteiger partial charge >= 0.3 is 0 Å². The maximum Gasteiger partial charge on any atom is 0.269 e. The predicted octanol–water partition coefficient (Wildman–Crippen LogP) is 2.19. The van der Waals surface area contributed by atoms with Crippen LogP contribution in [0, 0.1) is 0 Å². The molecule has 2 heterocycles. The molecule has 0 saturated heterocycles. The number of H-pyrrole nitrogens is 1. The number of aromatic nitrogens is 3. The van der Waals surface area contributed by atoms with Crippen molar-refractivity contribution in [3.8, 4) is 0 Å². The highest BCUT2D eigenvalue weighted by Crippen LogP contribution is 2.19. The highest BCUT2D eigenvalue weighted by atomic mass is 16.3. The van der Waals surface area contributed by atoms with E-state index in [4.69, 9.17) is 0 Å². The summed E-state index contributed by atoms with van der Waals surface area (Å²) in [6.07, 6.45) is 4.33. The first-order valence-corrected chi connectivity index (χ1v) is 8.62. The first-order valence-electron chi connectivity index (χ1n) is 8.62. The Bertz CT molecular complexity index is 865. The molecule has 3 N–H and O–H groups in total. The number of fused-ring (bicyclic) bond motifs is 1. The van der Waals surface area contributed by atoms with Gasteiger partial charge in [0.15, 0.2) is 0 Å². The number of rotatable bonds is 7. The Hall–Kier alpha value is -2.60. The van der Waals surface area contributed by atoms with Crippen molar-refractivity contribution in [3.05, 3.63) is 53.5 Å². The lowest BCUT2D eigenvalue weighted by Crippen LogP contribution is -2.39. The maximum absolute atomic E-state index is 12.6. The molecule has 0 fully saturated rings. The number of amides is 1. The number of hydrogen-bond donors (Lipinski definition) is 3. The SMILES string of the molecule is CCCc1cc(C(=O)N[C@H](CO)Cc2c[nH]c3ccccc23)n(C)n1. The maximum atomic E-state index is 12.6. The van der Waals surface area contributed by atoms with Crippen LogP contribution in [0.15, 0.2) is 36.5 Å².